The third-order valence-electron chi connectivity index (χ3n) is 4.52. The van der Waals surface area contributed by atoms with Crippen LogP contribution in [0.1, 0.15) is 31.2 Å². The third-order valence-corrected chi connectivity index (χ3v) is 4.52. The number of piperidine rings is 1. The molecule has 1 atom stereocenters. The molecule has 27 heavy (non-hydrogen) atoms. The van der Waals surface area contributed by atoms with Crippen molar-refractivity contribution in [2.75, 3.05) is 24.6 Å². The predicted molar refractivity (Wildman–Crippen MR) is 96.9 cm³/mol. The van der Waals surface area contributed by atoms with Gasteiger partial charge in [0.25, 0.3) is 0 Å². The van der Waals surface area contributed by atoms with Gasteiger partial charge in [0.05, 0.1) is 23.1 Å². The van der Waals surface area contributed by atoms with Gasteiger partial charge in [-0.2, -0.15) is 5.10 Å². The van der Waals surface area contributed by atoms with E-state index in [9.17, 15) is 14.9 Å². The van der Waals surface area contributed by atoms with E-state index in [0.717, 1.165) is 17.8 Å². The zero-order valence-corrected chi connectivity index (χ0v) is 15.6. The maximum absolute atomic E-state index is 12.1. The lowest BCUT2D eigenvalue weighted by Gasteiger charge is -2.32. The molecule has 1 aliphatic rings. The molecule has 0 amide bonds. The van der Waals surface area contributed by atoms with E-state index >= 15 is 0 Å². The second-order valence-corrected chi connectivity index (χ2v) is 6.50. The van der Waals surface area contributed by atoms with Crippen LogP contribution in [0, 0.1) is 29.9 Å². The summed E-state index contributed by atoms with van der Waals surface area (Å²) in [7, 11) is 0. The SMILES string of the molecule is CCOC(=O)C1CCCN(c2ncnc(-n3nc(C)cc3C)c2[N+](=O)[O-])C1. The van der Waals surface area contributed by atoms with Crippen LogP contribution in [0.2, 0.25) is 0 Å². The van der Waals surface area contributed by atoms with Gasteiger partial charge in [0.15, 0.2) is 0 Å². The first kappa shape index (κ1) is 18.7. The smallest absolute Gasteiger partial charge is 0.355 e. The summed E-state index contributed by atoms with van der Waals surface area (Å²) in [4.78, 5) is 33.5. The lowest BCUT2D eigenvalue weighted by Crippen LogP contribution is -2.40. The molecule has 1 saturated heterocycles. The molecular weight excluding hydrogens is 352 g/mol. The van der Waals surface area contributed by atoms with Gasteiger partial charge in [-0.15, -0.1) is 0 Å². The summed E-state index contributed by atoms with van der Waals surface area (Å²) in [5.74, 6) is -0.288. The van der Waals surface area contributed by atoms with Crippen LogP contribution in [0.4, 0.5) is 11.5 Å². The van der Waals surface area contributed by atoms with Crippen molar-refractivity contribution in [3.05, 3.63) is 33.9 Å². The first-order valence-corrected chi connectivity index (χ1v) is 8.87. The van der Waals surface area contributed by atoms with E-state index in [1.54, 1.807) is 11.8 Å². The average molecular weight is 374 g/mol. The van der Waals surface area contributed by atoms with Gasteiger partial charge in [0, 0.05) is 18.8 Å². The number of hydrogen-bond acceptors (Lipinski definition) is 8. The van der Waals surface area contributed by atoms with Crippen LogP contribution in [-0.4, -0.2) is 50.3 Å². The van der Waals surface area contributed by atoms with E-state index in [1.807, 2.05) is 19.9 Å². The lowest BCUT2D eigenvalue weighted by atomic mass is 9.98. The molecule has 144 valence electrons. The minimum atomic E-state index is -0.491. The molecule has 3 rings (SSSR count). The van der Waals surface area contributed by atoms with Gasteiger partial charge in [0.1, 0.15) is 6.33 Å². The van der Waals surface area contributed by atoms with E-state index in [0.29, 0.717) is 26.1 Å². The Morgan fingerprint density at radius 1 is 1.37 bits per heavy atom. The van der Waals surface area contributed by atoms with Gasteiger partial charge in [-0.1, -0.05) is 0 Å². The van der Waals surface area contributed by atoms with Crippen LogP contribution in [0.15, 0.2) is 12.4 Å². The molecule has 1 aliphatic heterocycles. The van der Waals surface area contributed by atoms with Gasteiger partial charge in [-0.05, 0) is 39.7 Å². The third kappa shape index (κ3) is 3.74. The van der Waals surface area contributed by atoms with Crippen molar-refractivity contribution < 1.29 is 14.5 Å². The number of aryl methyl sites for hydroxylation is 2. The minimum absolute atomic E-state index is 0.119. The number of ether oxygens (including phenoxy) is 1. The molecule has 0 N–H and O–H groups in total. The number of hydrogen-bond donors (Lipinski definition) is 0. The second-order valence-electron chi connectivity index (χ2n) is 6.50. The van der Waals surface area contributed by atoms with E-state index in [4.69, 9.17) is 4.74 Å². The topological polar surface area (TPSA) is 116 Å². The summed E-state index contributed by atoms with van der Waals surface area (Å²) in [6.45, 7) is 6.59. The van der Waals surface area contributed by atoms with E-state index in [1.165, 1.54) is 11.0 Å². The Hall–Kier alpha value is -3.04. The standard InChI is InChI=1S/C17H22N6O4/c1-4-27-17(24)13-6-5-7-21(9-13)15-14(23(25)26)16(19-10-18-15)22-12(3)8-11(2)20-22/h8,10,13H,4-7,9H2,1-3H3. The maximum atomic E-state index is 12.1. The van der Waals surface area contributed by atoms with Crippen LogP contribution in [-0.2, 0) is 9.53 Å². The molecule has 0 saturated carbocycles. The number of rotatable bonds is 5. The first-order valence-electron chi connectivity index (χ1n) is 8.87. The number of aromatic nitrogens is 4. The van der Waals surface area contributed by atoms with E-state index in [2.05, 4.69) is 15.1 Å². The molecule has 1 unspecified atom stereocenters. The predicted octanol–water partition coefficient (Wildman–Crippen LogP) is 1.97. The molecule has 2 aromatic rings. The largest absolute Gasteiger partial charge is 0.466 e. The highest BCUT2D eigenvalue weighted by Gasteiger charge is 2.34. The van der Waals surface area contributed by atoms with E-state index < -0.39 is 4.92 Å². The van der Waals surface area contributed by atoms with Crippen LogP contribution in [0.5, 0.6) is 0 Å². The van der Waals surface area contributed by atoms with Crippen LogP contribution in [0.25, 0.3) is 5.82 Å². The summed E-state index contributed by atoms with van der Waals surface area (Å²) in [6, 6.07) is 1.82. The Labute approximate surface area is 156 Å². The number of nitro groups is 1. The number of anilines is 1. The van der Waals surface area contributed by atoms with Crippen molar-refractivity contribution in [1.29, 1.82) is 0 Å². The van der Waals surface area contributed by atoms with Crippen molar-refractivity contribution in [3.8, 4) is 5.82 Å². The summed E-state index contributed by atoms with van der Waals surface area (Å²) in [6.07, 6.45) is 2.71. The molecule has 0 bridgehead atoms. The maximum Gasteiger partial charge on any atom is 0.355 e. The zero-order chi connectivity index (χ0) is 19.6. The highest BCUT2D eigenvalue weighted by atomic mass is 16.6. The van der Waals surface area contributed by atoms with Gasteiger partial charge in [-0.25, -0.2) is 14.6 Å². The van der Waals surface area contributed by atoms with Crippen molar-refractivity contribution in [2.24, 2.45) is 5.92 Å². The molecule has 0 aromatic carbocycles. The van der Waals surface area contributed by atoms with Gasteiger partial charge in [-0.3, -0.25) is 14.9 Å². The molecule has 0 radical (unpaired) electrons. The van der Waals surface area contributed by atoms with Crippen LogP contribution >= 0.6 is 0 Å². The van der Waals surface area contributed by atoms with Gasteiger partial charge < -0.3 is 9.64 Å². The Balaban J connectivity index is 2.01. The Morgan fingerprint density at radius 3 is 2.74 bits per heavy atom. The highest BCUT2D eigenvalue weighted by molar-refractivity contribution is 5.74. The summed E-state index contributed by atoms with van der Waals surface area (Å²) < 4.78 is 6.56. The quantitative estimate of drug-likeness (QED) is 0.443. The monoisotopic (exact) mass is 374 g/mol. The fourth-order valence-corrected chi connectivity index (χ4v) is 3.38. The number of carbonyl (C=O) groups is 1. The van der Waals surface area contributed by atoms with Crippen molar-refractivity contribution >= 4 is 17.5 Å². The molecule has 0 spiro atoms. The summed E-state index contributed by atoms with van der Waals surface area (Å²) in [5.41, 5.74) is 1.26. The minimum Gasteiger partial charge on any atom is -0.466 e. The molecule has 10 nitrogen and oxygen atoms in total. The molecular formula is C17H22N6O4. The summed E-state index contributed by atoms with van der Waals surface area (Å²) in [5, 5.41) is 16.2. The summed E-state index contributed by atoms with van der Waals surface area (Å²) >= 11 is 0. The van der Waals surface area contributed by atoms with E-state index in [-0.39, 0.29) is 29.2 Å². The number of esters is 1. The van der Waals surface area contributed by atoms with Gasteiger partial charge >= 0.3 is 11.7 Å². The zero-order valence-electron chi connectivity index (χ0n) is 15.6. The fraction of sp³-hybridized carbons (Fsp3) is 0.529. The Morgan fingerprint density at radius 2 is 2.11 bits per heavy atom. The molecule has 10 heteroatoms. The Kier molecular flexibility index (Phi) is 5.33. The van der Waals surface area contributed by atoms with Crippen molar-refractivity contribution in [2.45, 2.75) is 33.6 Å². The lowest BCUT2D eigenvalue weighted by molar-refractivity contribution is -0.384. The fourth-order valence-electron chi connectivity index (χ4n) is 3.38. The molecule has 3 heterocycles. The van der Waals surface area contributed by atoms with Crippen molar-refractivity contribution in [3.63, 3.8) is 0 Å². The number of carbonyl (C=O) groups excluding carboxylic acids is 1. The van der Waals surface area contributed by atoms with Crippen molar-refractivity contribution in [1.82, 2.24) is 19.7 Å². The van der Waals surface area contributed by atoms with Crippen LogP contribution in [0.3, 0.4) is 0 Å². The highest BCUT2D eigenvalue weighted by Crippen LogP contribution is 2.33. The first-order chi connectivity index (χ1) is 12.9. The molecule has 1 fully saturated rings. The number of nitrogens with zero attached hydrogens (tertiary/aromatic N) is 6. The normalized spacial score (nSPS) is 17.0. The Bertz CT molecular complexity index is 865. The van der Waals surface area contributed by atoms with Crippen LogP contribution < -0.4 is 4.90 Å². The molecule has 0 aliphatic carbocycles. The second kappa shape index (κ2) is 7.68. The molecule has 2 aromatic heterocycles. The van der Waals surface area contributed by atoms with Gasteiger partial charge in [0.2, 0.25) is 11.6 Å². The average Bonchev–Trinajstić information content (AvgIpc) is 2.99.